The number of carbonyl (C=O) groups excluding carboxylic acids is 2. The summed E-state index contributed by atoms with van der Waals surface area (Å²) in [7, 11) is 0. The Morgan fingerprint density at radius 1 is 0.926 bits per heavy atom. The summed E-state index contributed by atoms with van der Waals surface area (Å²) in [5.41, 5.74) is 2.30. The van der Waals surface area contributed by atoms with Crippen molar-refractivity contribution in [2.24, 2.45) is 5.92 Å². The number of piperidine rings is 1. The van der Waals surface area contributed by atoms with Crippen LogP contribution in [0.3, 0.4) is 0 Å². The normalized spacial score (nSPS) is 16.9. The molecule has 0 radical (unpaired) electrons. The van der Waals surface area contributed by atoms with E-state index in [1.165, 1.54) is 5.56 Å². The lowest BCUT2D eigenvalue weighted by Gasteiger charge is -2.33. The van der Waals surface area contributed by atoms with Crippen molar-refractivity contribution in [3.05, 3.63) is 60.2 Å². The Bertz CT molecular complexity index is 813. The molecule has 0 aromatic heterocycles. The zero-order chi connectivity index (χ0) is 18.6. The number of ether oxygens (including phenoxy) is 1. The quantitative estimate of drug-likeness (QED) is 0.838. The van der Waals surface area contributed by atoms with Gasteiger partial charge in [-0.2, -0.15) is 0 Å². The number of benzene rings is 2. The molecule has 0 saturated carbocycles. The average molecular weight is 364 g/mol. The van der Waals surface area contributed by atoms with Crippen LogP contribution >= 0.6 is 0 Å². The van der Waals surface area contributed by atoms with Crippen LogP contribution in [0.25, 0.3) is 0 Å². The van der Waals surface area contributed by atoms with Crippen molar-refractivity contribution in [1.82, 2.24) is 4.90 Å². The van der Waals surface area contributed by atoms with E-state index in [0.717, 1.165) is 18.7 Å². The molecule has 2 heterocycles. The van der Waals surface area contributed by atoms with Gasteiger partial charge in [0.2, 0.25) is 5.91 Å². The number of hydrogen-bond acceptors (Lipinski definition) is 3. The van der Waals surface area contributed by atoms with Gasteiger partial charge in [-0.1, -0.05) is 36.4 Å². The molecule has 2 amide bonds. The van der Waals surface area contributed by atoms with Gasteiger partial charge in [0.1, 0.15) is 5.75 Å². The molecule has 4 rings (SSSR count). The highest BCUT2D eigenvalue weighted by Gasteiger charge is 2.33. The van der Waals surface area contributed by atoms with Crippen molar-refractivity contribution in [1.29, 1.82) is 0 Å². The predicted molar refractivity (Wildman–Crippen MR) is 104 cm³/mol. The molecule has 0 atom stereocenters. The summed E-state index contributed by atoms with van der Waals surface area (Å²) in [5.74, 6) is 0.878. The van der Waals surface area contributed by atoms with E-state index in [0.29, 0.717) is 31.7 Å². The fourth-order valence-electron chi connectivity index (χ4n) is 3.92. The lowest BCUT2D eigenvalue weighted by atomic mass is 9.95. The van der Waals surface area contributed by atoms with Gasteiger partial charge >= 0.3 is 0 Å². The molecule has 140 valence electrons. The number of fused-ring (bicyclic) bond motifs is 1. The zero-order valence-electron chi connectivity index (χ0n) is 15.3. The highest BCUT2D eigenvalue weighted by atomic mass is 16.5. The first-order chi connectivity index (χ1) is 13.2. The van der Waals surface area contributed by atoms with E-state index in [-0.39, 0.29) is 24.3 Å². The lowest BCUT2D eigenvalue weighted by molar-refractivity contribution is -0.136. The maximum Gasteiger partial charge on any atom is 0.260 e. The fourth-order valence-corrected chi connectivity index (χ4v) is 3.92. The molecule has 2 aliphatic rings. The van der Waals surface area contributed by atoms with Crippen LogP contribution in [0.5, 0.6) is 5.75 Å². The lowest BCUT2D eigenvalue weighted by Crippen LogP contribution is -2.45. The first kappa shape index (κ1) is 17.6. The fraction of sp³-hybridized carbons (Fsp3) is 0.364. The minimum atomic E-state index is -0.0173. The molecule has 1 fully saturated rings. The number of amides is 2. The Morgan fingerprint density at radius 2 is 1.63 bits per heavy atom. The molecule has 0 unspecified atom stereocenters. The Labute approximate surface area is 159 Å². The second kappa shape index (κ2) is 7.82. The molecule has 1 saturated heterocycles. The molecule has 0 N–H and O–H groups in total. The van der Waals surface area contributed by atoms with Gasteiger partial charge < -0.3 is 14.5 Å². The van der Waals surface area contributed by atoms with E-state index in [1.54, 1.807) is 0 Å². The molecule has 2 aromatic carbocycles. The summed E-state index contributed by atoms with van der Waals surface area (Å²) in [6.45, 7) is 2.04. The summed E-state index contributed by atoms with van der Waals surface area (Å²) < 4.78 is 5.55. The number of anilines is 1. The maximum absolute atomic E-state index is 12.9. The first-order valence-electron chi connectivity index (χ1n) is 9.57. The van der Waals surface area contributed by atoms with E-state index in [1.807, 2.05) is 58.3 Å². The highest BCUT2D eigenvalue weighted by molar-refractivity contribution is 5.97. The first-order valence-corrected chi connectivity index (χ1v) is 9.57. The zero-order valence-corrected chi connectivity index (χ0v) is 15.3. The van der Waals surface area contributed by atoms with Gasteiger partial charge in [0.05, 0.1) is 0 Å². The van der Waals surface area contributed by atoms with Crippen LogP contribution in [0.15, 0.2) is 54.6 Å². The topological polar surface area (TPSA) is 49.9 Å². The third kappa shape index (κ3) is 3.82. The summed E-state index contributed by atoms with van der Waals surface area (Å²) in [4.78, 5) is 29.1. The summed E-state index contributed by atoms with van der Waals surface area (Å²) in [5, 5.41) is 0. The van der Waals surface area contributed by atoms with Crippen LogP contribution in [-0.4, -0.2) is 43.0 Å². The van der Waals surface area contributed by atoms with Crippen molar-refractivity contribution in [2.75, 3.05) is 31.1 Å². The summed E-state index contributed by atoms with van der Waals surface area (Å²) >= 11 is 0. The molecular weight excluding hydrogens is 340 g/mol. The van der Waals surface area contributed by atoms with Gasteiger partial charge in [0.25, 0.3) is 5.91 Å². The van der Waals surface area contributed by atoms with Gasteiger partial charge in [-0.3, -0.25) is 9.59 Å². The Balaban J connectivity index is 1.29. The largest absolute Gasteiger partial charge is 0.484 e. The molecule has 2 aliphatic heterocycles. The van der Waals surface area contributed by atoms with Crippen molar-refractivity contribution in [2.45, 2.75) is 19.3 Å². The van der Waals surface area contributed by atoms with E-state index >= 15 is 0 Å². The Morgan fingerprint density at radius 3 is 2.41 bits per heavy atom. The van der Waals surface area contributed by atoms with Gasteiger partial charge in [-0.25, -0.2) is 0 Å². The van der Waals surface area contributed by atoms with Crippen LogP contribution in [0.4, 0.5) is 5.69 Å². The number of rotatable bonds is 4. The SMILES string of the molecule is O=C(COc1ccccc1)N1CCC(C(=O)N2CCc3ccccc32)CC1. The third-order valence-electron chi connectivity index (χ3n) is 5.46. The van der Waals surface area contributed by atoms with Gasteiger partial charge in [0.15, 0.2) is 6.61 Å². The average Bonchev–Trinajstić information content (AvgIpc) is 3.16. The number of para-hydroxylation sites is 2. The number of nitrogens with zero attached hydrogens (tertiary/aromatic N) is 2. The third-order valence-corrected chi connectivity index (χ3v) is 5.46. The van der Waals surface area contributed by atoms with Gasteiger partial charge in [-0.15, -0.1) is 0 Å². The standard InChI is InChI=1S/C22H24N2O3/c25-21(16-27-19-7-2-1-3-8-19)23-13-10-18(11-14-23)22(26)24-15-12-17-6-4-5-9-20(17)24/h1-9,18H,10-16H2. The van der Waals surface area contributed by atoms with E-state index < -0.39 is 0 Å². The summed E-state index contributed by atoms with van der Waals surface area (Å²) in [6, 6.07) is 17.5. The van der Waals surface area contributed by atoms with Crippen LogP contribution in [-0.2, 0) is 16.0 Å². The second-order valence-electron chi connectivity index (χ2n) is 7.13. The van der Waals surface area contributed by atoms with Crippen LogP contribution in [0, 0.1) is 5.92 Å². The maximum atomic E-state index is 12.9. The monoisotopic (exact) mass is 364 g/mol. The van der Waals surface area contributed by atoms with E-state index in [9.17, 15) is 9.59 Å². The Hall–Kier alpha value is -2.82. The van der Waals surface area contributed by atoms with Crippen molar-refractivity contribution >= 4 is 17.5 Å². The Kier molecular flexibility index (Phi) is 5.10. The van der Waals surface area contributed by atoms with Gasteiger partial charge in [-0.05, 0) is 43.0 Å². The highest BCUT2D eigenvalue weighted by Crippen LogP contribution is 2.31. The van der Waals surface area contributed by atoms with Crippen molar-refractivity contribution in [3.63, 3.8) is 0 Å². The van der Waals surface area contributed by atoms with Gasteiger partial charge in [0, 0.05) is 31.2 Å². The summed E-state index contributed by atoms with van der Waals surface area (Å²) in [6.07, 6.45) is 2.36. The minimum absolute atomic E-state index is 0.00440. The number of likely N-dealkylation sites (tertiary alicyclic amines) is 1. The molecule has 0 aliphatic carbocycles. The second-order valence-corrected chi connectivity index (χ2v) is 7.13. The van der Waals surface area contributed by atoms with Crippen LogP contribution < -0.4 is 9.64 Å². The molecule has 5 nitrogen and oxygen atoms in total. The predicted octanol–water partition coefficient (Wildman–Crippen LogP) is 2.89. The van der Waals surface area contributed by atoms with Crippen LogP contribution in [0.1, 0.15) is 18.4 Å². The van der Waals surface area contributed by atoms with E-state index in [2.05, 4.69) is 6.07 Å². The van der Waals surface area contributed by atoms with E-state index in [4.69, 9.17) is 4.74 Å². The van der Waals surface area contributed by atoms with Crippen molar-refractivity contribution < 1.29 is 14.3 Å². The molecular formula is C22H24N2O3. The number of carbonyl (C=O) groups is 2. The molecule has 0 bridgehead atoms. The van der Waals surface area contributed by atoms with Crippen LogP contribution in [0.2, 0.25) is 0 Å². The smallest absolute Gasteiger partial charge is 0.260 e. The molecule has 0 spiro atoms. The number of hydrogen-bond donors (Lipinski definition) is 0. The molecule has 2 aromatic rings. The van der Waals surface area contributed by atoms with Crippen molar-refractivity contribution in [3.8, 4) is 5.75 Å². The molecule has 27 heavy (non-hydrogen) atoms. The minimum Gasteiger partial charge on any atom is -0.484 e. The molecule has 5 heteroatoms.